The molecule has 0 N–H and O–H groups in total. The van der Waals surface area contributed by atoms with E-state index in [4.69, 9.17) is 0 Å². The maximum atomic E-state index is 12.7. The predicted octanol–water partition coefficient (Wildman–Crippen LogP) is 1.68. The number of carbonyl (C=O) groups is 1. The number of halogens is 1. The lowest BCUT2D eigenvalue weighted by atomic mass is 10.4. The maximum absolute atomic E-state index is 12.7. The zero-order valence-electron chi connectivity index (χ0n) is 8.44. The molecule has 0 saturated carbocycles. The Hall–Kier alpha value is -1.72. The number of nitrogens with zero attached hydrogens (tertiary/aromatic N) is 2. The lowest BCUT2D eigenvalue weighted by Gasteiger charge is -1.92. The topological polar surface area (TPSA) is 65.2 Å². The molecule has 5 nitrogen and oxygen atoms in total. The second-order valence-corrected chi connectivity index (χ2v) is 2.69. The standard InChI is InChI=1S/C9H11FN2O3/c1-3-14-8(13)5-4-7-11-9(6(2)10)12-15-7/h4-6H,3H2,1-2H3. The summed E-state index contributed by atoms with van der Waals surface area (Å²) in [6.07, 6.45) is 1.12. The molecule has 1 atom stereocenters. The molecule has 0 aliphatic carbocycles. The fourth-order valence-electron chi connectivity index (χ4n) is 0.806. The van der Waals surface area contributed by atoms with Crippen LogP contribution in [0.15, 0.2) is 10.6 Å². The van der Waals surface area contributed by atoms with E-state index in [1.54, 1.807) is 6.92 Å². The molecule has 0 spiro atoms. The van der Waals surface area contributed by atoms with Gasteiger partial charge in [-0.05, 0) is 13.8 Å². The molecule has 0 amide bonds. The van der Waals surface area contributed by atoms with Gasteiger partial charge in [-0.15, -0.1) is 0 Å². The number of rotatable bonds is 4. The first-order chi connectivity index (χ1) is 7.13. The van der Waals surface area contributed by atoms with Crippen LogP contribution in [-0.4, -0.2) is 22.7 Å². The third-order valence-corrected chi connectivity index (χ3v) is 1.46. The van der Waals surface area contributed by atoms with E-state index in [0.717, 1.165) is 6.08 Å². The molecular formula is C9H11FN2O3. The van der Waals surface area contributed by atoms with Crippen LogP contribution in [0.3, 0.4) is 0 Å². The number of hydrogen-bond donors (Lipinski definition) is 0. The smallest absolute Gasteiger partial charge is 0.330 e. The number of alkyl halides is 1. The van der Waals surface area contributed by atoms with Gasteiger partial charge < -0.3 is 9.26 Å². The highest BCUT2D eigenvalue weighted by atomic mass is 19.1. The van der Waals surface area contributed by atoms with E-state index in [-0.39, 0.29) is 11.7 Å². The van der Waals surface area contributed by atoms with E-state index >= 15 is 0 Å². The Labute approximate surface area is 85.9 Å². The monoisotopic (exact) mass is 214 g/mol. The predicted molar refractivity (Wildman–Crippen MR) is 49.5 cm³/mol. The van der Waals surface area contributed by atoms with E-state index in [9.17, 15) is 9.18 Å². The van der Waals surface area contributed by atoms with Gasteiger partial charge >= 0.3 is 5.97 Å². The van der Waals surface area contributed by atoms with Crippen molar-refractivity contribution in [1.82, 2.24) is 10.1 Å². The van der Waals surface area contributed by atoms with Gasteiger partial charge in [-0.1, -0.05) is 5.16 Å². The minimum absolute atomic E-state index is 0.0430. The fourth-order valence-corrected chi connectivity index (χ4v) is 0.806. The van der Waals surface area contributed by atoms with Gasteiger partial charge in [0.1, 0.15) is 0 Å². The summed E-state index contributed by atoms with van der Waals surface area (Å²) in [5, 5.41) is 3.38. The number of carbonyl (C=O) groups excluding carboxylic acids is 1. The van der Waals surface area contributed by atoms with Crippen molar-refractivity contribution in [2.24, 2.45) is 0 Å². The molecule has 0 aliphatic heterocycles. The van der Waals surface area contributed by atoms with Crippen LogP contribution in [-0.2, 0) is 9.53 Å². The Morgan fingerprint density at radius 1 is 1.73 bits per heavy atom. The van der Waals surface area contributed by atoms with Crippen LogP contribution in [0.2, 0.25) is 0 Å². The first-order valence-corrected chi connectivity index (χ1v) is 4.46. The van der Waals surface area contributed by atoms with Gasteiger partial charge in [0.15, 0.2) is 6.17 Å². The molecule has 0 radical (unpaired) electrons. The molecule has 1 heterocycles. The quantitative estimate of drug-likeness (QED) is 0.563. The van der Waals surface area contributed by atoms with Crippen molar-refractivity contribution < 1.29 is 18.4 Å². The molecule has 0 bridgehead atoms. The first-order valence-electron chi connectivity index (χ1n) is 4.46. The van der Waals surface area contributed by atoms with Crippen molar-refractivity contribution >= 4 is 12.0 Å². The van der Waals surface area contributed by atoms with Crippen LogP contribution in [0.5, 0.6) is 0 Å². The van der Waals surface area contributed by atoms with Crippen molar-refractivity contribution in [1.29, 1.82) is 0 Å². The van der Waals surface area contributed by atoms with Gasteiger partial charge in [0.05, 0.1) is 6.61 Å². The van der Waals surface area contributed by atoms with Crippen molar-refractivity contribution in [3.8, 4) is 0 Å². The maximum Gasteiger partial charge on any atom is 0.330 e. The van der Waals surface area contributed by atoms with Gasteiger partial charge in [-0.25, -0.2) is 9.18 Å². The Morgan fingerprint density at radius 2 is 2.47 bits per heavy atom. The van der Waals surface area contributed by atoms with Crippen LogP contribution in [0.4, 0.5) is 4.39 Å². The highest BCUT2D eigenvalue weighted by molar-refractivity contribution is 5.86. The summed E-state index contributed by atoms with van der Waals surface area (Å²) >= 11 is 0. The lowest BCUT2D eigenvalue weighted by molar-refractivity contribution is -0.137. The highest BCUT2D eigenvalue weighted by Gasteiger charge is 2.10. The van der Waals surface area contributed by atoms with Gasteiger partial charge in [-0.3, -0.25) is 0 Å². The summed E-state index contributed by atoms with van der Waals surface area (Å²) in [4.78, 5) is 14.6. The summed E-state index contributed by atoms with van der Waals surface area (Å²) in [7, 11) is 0. The molecule has 1 unspecified atom stereocenters. The zero-order chi connectivity index (χ0) is 11.3. The van der Waals surface area contributed by atoms with Crippen LogP contribution in [0, 0.1) is 0 Å². The normalized spacial score (nSPS) is 13.0. The van der Waals surface area contributed by atoms with Gasteiger partial charge in [0, 0.05) is 12.2 Å². The molecule has 0 aliphatic rings. The summed E-state index contributed by atoms with van der Waals surface area (Å²) in [6.45, 7) is 3.28. The third-order valence-electron chi connectivity index (χ3n) is 1.46. The minimum atomic E-state index is -1.29. The van der Waals surface area contributed by atoms with Crippen molar-refractivity contribution in [3.63, 3.8) is 0 Å². The van der Waals surface area contributed by atoms with E-state index in [1.807, 2.05) is 0 Å². The Balaban J connectivity index is 2.60. The number of aromatic nitrogens is 2. The van der Waals surface area contributed by atoms with Crippen molar-refractivity contribution in [2.45, 2.75) is 20.0 Å². The zero-order valence-corrected chi connectivity index (χ0v) is 8.44. The molecule has 0 aromatic carbocycles. The molecule has 0 fully saturated rings. The van der Waals surface area contributed by atoms with Gasteiger partial charge in [0.25, 0.3) is 5.89 Å². The Morgan fingerprint density at radius 3 is 3.00 bits per heavy atom. The minimum Gasteiger partial charge on any atom is -0.463 e. The molecule has 1 aromatic heterocycles. The molecule has 6 heteroatoms. The van der Waals surface area contributed by atoms with Crippen molar-refractivity contribution in [2.75, 3.05) is 6.61 Å². The highest BCUT2D eigenvalue weighted by Crippen LogP contribution is 2.12. The first kappa shape index (κ1) is 11.4. The molecular weight excluding hydrogens is 203 g/mol. The van der Waals surface area contributed by atoms with E-state index < -0.39 is 12.1 Å². The average Bonchev–Trinajstić information content (AvgIpc) is 2.63. The second kappa shape index (κ2) is 5.23. The molecule has 0 saturated heterocycles. The van der Waals surface area contributed by atoms with E-state index in [0.29, 0.717) is 6.61 Å². The summed E-state index contributed by atoms with van der Waals surface area (Å²) in [5.41, 5.74) is 0. The Kier molecular flexibility index (Phi) is 3.96. The molecule has 1 rings (SSSR count). The number of hydrogen-bond acceptors (Lipinski definition) is 5. The van der Waals surface area contributed by atoms with Crippen LogP contribution in [0.25, 0.3) is 6.08 Å². The molecule has 1 aromatic rings. The van der Waals surface area contributed by atoms with Crippen LogP contribution < -0.4 is 0 Å². The summed E-state index contributed by atoms with van der Waals surface area (Å²) in [6, 6.07) is 0. The summed E-state index contributed by atoms with van der Waals surface area (Å²) < 4.78 is 22.0. The van der Waals surface area contributed by atoms with Crippen LogP contribution >= 0.6 is 0 Å². The average molecular weight is 214 g/mol. The van der Waals surface area contributed by atoms with Crippen LogP contribution in [0.1, 0.15) is 31.7 Å². The fraction of sp³-hybridized carbons (Fsp3) is 0.444. The van der Waals surface area contributed by atoms with E-state index in [2.05, 4.69) is 19.4 Å². The number of esters is 1. The van der Waals surface area contributed by atoms with E-state index in [1.165, 1.54) is 13.0 Å². The largest absolute Gasteiger partial charge is 0.463 e. The van der Waals surface area contributed by atoms with Gasteiger partial charge in [0.2, 0.25) is 5.82 Å². The summed E-state index contributed by atoms with van der Waals surface area (Å²) in [5.74, 6) is -0.480. The Bertz CT molecular complexity index is 360. The van der Waals surface area contributed by atoms with Crippen molar-refractivity contribution in [3.05, 3.63) is 17.8 Å². The molecule has 82 valence electrons. The second-order valence-electron chi connectivity index (χ2n) is 2.69. The van der Waals surface area contributed by atoms with Gasteiger partial charge in [-0.2, -0.15) is 4.98 Å². The molecule has 15 heavy (non-hydrogen) atoms. The number of ether oxygens (including phenoxy) is 1. The lowest BCUT2D eigenvalue weighted by Crippen LogP contribution is -1.98. The SMILES string of the molecule is CCOC(=O)C=Cc1nc(C(C)F)no1. The third kappa shape index (κ3) is 3.49.